The predicted octanol–water partition coefficient (Wildman–Crippen LogP) is 6.30. The van der Waals surface area contributed by atoms with Gasteiger partial charge in [0, 0.05) is 22.5 Å². The van der Waals surface area contributed by atoms with Gasteiger partial charge in [-0.2, -0.15) is 0 Å². The van der Waals surface area contributed by atoms with Gasteiger partial charge in [-0.1, -0.05) is 58.9 Å². The van der Waals surface area contributed by atoms with Crippen LogP contribution in [-0.2, 0) is 22.7 Å². The number of benzene rings is 4. The van der Waals surface area contributed by atoms with Crippen molar-refractivity contribution >= 4 is 46.9 Å². The van der Waals surface area contributed by atoms with Crippen LogP contribution >= 0.6 is 0 Å². The van der Waals surface area contributed by atoms with Crippen molar-refractivity contribution in [2.75, 3.05) is 50.0 Å². The quantitative estimate of drug-likeness (QED) is 0.0775. The molecule has 6 aromatic rings. The highest BCUT2D eigenvalue weighted by Crippen LogP contribution is 2.29. The van der Waals surface area contributed by atoms with E-state index in [9.17, 15) is 19.2 Å². The summed E-state index contributed by atoms with van der Waals surface area (Å²) in [5, 5.41) is 25.4. The number of hydrogen-bond acceptors (Lipinski definition) is 16. The van der Waals surface area contributed by atoms with Crippen LogP contribution in [0.3, 0.4) is 0 Å². The zero-order valence-electron chi connectivity index (χ0n) is 41.2. The van der Waals surface area contributed by atoms with Crippen molar-refractivity contribution < 1.29 is 37.7 Å². The van der Waals surface area contributed by atoms with Crippen LogP contribution in [-0.4, -0.2) is 85.3 Å². The first-order valence-electron chi connectivity index (χ1n) is 24.1. The van der Waals surface area contributed by atoms with Gasteiger partial charge in [-0.3, -0.25) is 29.8 Å². The largest absolute Gasteiger partial charge is 0.490 e. The van der Waals surface area contributed by atoms with Crippen LogP contribution in [0.25, 0.3) is 22.5 Å². The number of anilines is 2. The number of amides is 4. The molecule has 74 heavy (non-hydrogen) atoms. The molecule has 0 spiro atoms. The molecule has 0 saturated carbocycles. The first kappa shape index (κ1) is 52.9. The average molecular weight is 1010 g/mol. The van der Waals surface area contributed by atoms with E-state index in [1.807, 2.05) is 84.9 Å². The van der Waals surface area contributed by atoms with Gasteiger partial charge in [-0.25, -0.2) is 9.98 Å². The molecule has 10 heterocycles. The smallest absolute Gasteiger partial charge is 0.263 e. The number of aryl methyl sites for hydroxylation is 2. The van der Waals surface area contributed by atoms with Crippen molar-refractivity contribution in [1.29, 1.82) is 0 Å². The number of carbonyl (C=O) groups is 4. The molecule has 384 valence electrons. The Kier molecular flexibility index (Phi) is 19.4. The van der Waals surface area contributed by atoms with Crippen LogP contribution in [0.2, 0.25) is 0 Å². The number of nitrogens with zero attached hydrogens (tertiary/aromatic N) is 4. The summed E-state index contributed by atoms with van der Waals surface area (Å²) in [5.41, 5.74) is 17.9. The molecule has 20 heteroatoms. The van der Waals surface area contributed by atoms with Crippen molar-refractivity contribution in [3.05, 3.63) is 155 Å². The summed E-state index contributed by atoms with van der Waals surface area (Å²) in [4.78, 5) is 58.8. The Morgan fingerprint density at radius 3 is 1.27 bits per heavy atom. The minimum atomic E-state index is -0.464. The fourth-order valence-corrected chi connectivity index (χ4v) is 7.43. The summed E-state index contributed by atoms with van der Waals surface area (Å²) in [6, 6.07) is 29.1. The molecule has 0 aliphatic carbocycles. The molecular weight excluding hydrogens is 945 g/mol. The van der Waals surface area contributed by atoms with Gasteiger partial charge in [0.2, 0.25) is 11.8 Å². The second kappa shape index (κ2) is 27.1. The first-order valence-corrected chi connectivity index (χ1v) is 24.1. The molecule has 0 atom stereocenters. The number of hydrogen-bond donors (Lipinski definition) is 8. The normalized spacial score (nSPS) is 16.7. The van der Waals surface area contributed by atoms with E-state index >= 15 is 0 Å². The van der Waals surface area contributed by atoms with Crippen LogP contribution in [0, 0.1) is 13.8 Å². The number of guanidine groups is 2. The number of aromatic nitrogens is 2. The first-order chi connectivity index (χ1) is 36.0. The summed E-state index contributed by atoms with van der Waals surface area (Å²) >= 11 is 0. The lowest BCUT2D eigenvalue weighted by Crippen LogP contribution is -2.37. The molecular formula is C54H60N12O8. The van der Waals surface area contributed by atoms with Crippen LogP contribution in [0.5, 0.6) is 11.5 Å². The second-order valence-electron chi connectivity index (χ2n) is 17.0. The van der Waals surface area contributed by atoms with Crippen molar-refractivity contribution in [2.24, 2.45) is 21.5 Å². The Morgan fingerprint density at radius 1 is 0.486 bits per heavy atom. The summed E-state index contributed by atoms with van der Waals surface area (Å²) in [5.74, 6) is 0.906. The monoisotopic (exact) mass is 1000 g/mol. The standard InChI is InChI=1S/2C27H30N6O4/c2*1-18-24-25(33-37-18)20-8-12-22(13-9-20)36-15-5-3-2-4-14-29-17-23(34)31-21-10-6-19(7-11-21)16-30-27(28)32-26(24)35/h2*3,5-13,29H,2,4,14-17H2,1H3,(H,31,34)(H3,28,30,32,35)/b5-3+;5-3-. The Hall–Kier alpha value is -8.88. The molecule has 0 fully saturated rings. The van der Waals surface area contributed by atoms with Gasteiger partial charge in [0.15, 0.2) is 11.9 Å². The van der Waals surface area contributed by atoms with Gasteiger partial charge in [-0.15, -0.1) is 0 Å². The number of aliphatic imine (C=N–C) groups is 2. The molecule has 0 unspecified atom stereocenters. The van der Waals surface area contributed by atoms with Crippen LogP contribution < -0.4 is 52.8 Å². The van der Waals surface area contributed by atoms with Crippen LogP contribution in [0.1, 0.15) is 69.0 Å². The maximum Gasteiger partial charge on any atom is 0.263 e. The van der Waals surface area contributed by atoms with E-state index in [1.165, 1.54) is 0 Å². The minimum Gasteiger partial charge on any atom is -0.490 e. The highest BCUT2D eigenvalue weighted by atomic mass is 16.5. The fourth-order valence-electron chi connectivity index (χ4n) is 7.43. The zero-order valence-corrected chi connectivity index (χ0v) is 41.2. The Balaban J connectivity index is 0.000000216. The van der Waals surface area contributed by atoms with Crippen LogP contribution in [0.15, 0.2) is 140 Å². The third kappa shape index (κ3) is 16.1. The summed E-state index contributed by atoms with van der Waals surface area (Å²) in [7, 11) is 0. The third-order valence-electron chi connectivity index (χ3n) is 11.3. The molecule has 4 amide bonds. The topological polar surface area (TPSA) is 288 Å². The van der Waals surface area contributed by atoms with E-state index in [1.54, 1.807) is 38.1 Å². The molecule has 0 saturated heterocycles. The lowest BCUT2D eigenvalue weighted by Gasteiger charge is -2.08. The summed E-state index contributed by atoms with van der Waals surface area (Å²) in [6.45, 7) is 6.65. The van der Waals surface area contributed by atoms with E-state index in [2.05, 4.69) is 64.4 Å². The number of ether oxygens (including phenoxy) is 2. The molecule has 2 aromatic heterocycles. The van der Waals surface area contributed by atoms with Gasteiger partial charge in [0.05, 0.1) is 26.2 Å². The van der Waals surface area contributed by atoms with E-state index in [4.69, 9.17) is 30.0 Å². The van der Waals surface area contributed by atoms with Crippen LogP contribution in [0.4, 0.5) is 11.4 Å². The third-order valence-corrected chi connectivity index (χ3v) is 11.3. The van der Waals surface area contributed by atoms with E-state index in [0.717, 1.165) is 49.9 Å². The second-order valence-corrected chi connectivity index (χ2v) is 17.0. The number of carbonyl (C=O) groups excluding carboxylic acids is 4. The lowest BCUT2D eigenvalue weighted by molar-refractivity contribution is -0.116. The summed E-state index contributed by atoms with van der Waals surface area (Å²) < 4.78 is 22.1. The Labute approximate surface area is 428 Å². The predicted molar refractivity (Wildman–Crippen MR) is 283 cm³/mol. The molecule has 0 radical (unpaired) electrons. The number of nitrogens with one attached hydrogen (secondary N) is 6. The van der Waals surface area contributed by atoms with E-state index < -0.39 is 11.8 Å². The molecule has 10 N–H and O–H groups in total. The minimum absolute atomic E-state index is 0.0294. The SMILES string of the molecule is Cc1onc2c1C(=O)NC(N)=NCc1ccc(cc1)NC(=O)CNCCC/C=C/COc1ccc-2cc1.Cc1onc2c1C(=O)NC(N)=NCc1ccc(cc1)NC(=O)CNCCC/C=C\COc1ccc-2cc1. The fraction of sp³-hybridized carbons (Fsp3) is 0.259. The molecule has 8 bridgehead atoms. The molecule has 20 nitrogen and oxygen atoms in total. The summed E-state index contributed by atoms with van der Waals surface area (Å²) in [6.07, 6.45) is 11.6. The molecule has 8 aliphatic rings. The van der Waals surface area contributed by atoms with E-state index in [-0.39, 0.29) is 61.0 Å². The Morgan fingerprint density at radius 2 is 0.878 bits per heavy atom. The highest BCUT2D eigenvalue weighted by molar-refractivity contribution is 6.09. The Bertz CT molecular complexity index is 2760. The van der Waals surface area contributed by atoms with Crippen molar-refractivity contribution in [3.8, 4) is 34.0 Å². The van der Waals surface area contributed by atoms with Gasteiger partial charge in [-0.05, 0) is 137 Å². The van der Waals surface area contributed by atoms with Crippen molar-refractivity contribution in [3.63, 3.8) is 0 Å². The average Bonchev–Trinajstić information content (AvgIpc) is 3.99. The highest BCUT2D eigenvalue weighted by Gasteiger charge is 2.24. The van der Waals surface area contributed by atoms with Crippen molar-refractivity contribution in [1.82, 2.24) is 31.6 Å². The maximum atomic E-state index is 13.0. The number of allylic oxidation sites excluding steroid dienone is 2. The molecule has 4 aromatic carbocycles. The maximum absolute atomic E-state index is 13.0. The van der Waals surface area contributed by atoms with Gasteiger partial charge in [0.25, 0.3) is 11.8 Å². The van der Waals surface area contributed by atoms with Gasteiger partial charge < -0.3 is 51.3 Å². The molecule has 14 rings (SSSR count). The number of nitrogens with two attached hydrogens (primary N) is 2. The van der Waals surface area contributed by atoms with Crippen molar-refractivity contribution in [2.45, 2.75) is 52.6 Å². The number of rotatable bonds is 0. The zero-order chi connectivity index (χ0) is 52.1. The molecule has 8 aliphatic heterocycles. The van der Waals surface area contributed by atoms with Gasteiger partial charge in [0.1, 0.15) is 58.7 Å². The lowest BCUT2D eigenvalue weighted by atomic mass is 10.1. The van der Waals surface area contributed by atoms with Gasteiger partial charge >= 0.3 is 0 Å². The van der Waals surface area contributed by atoms with E-state index in [0.29, 0.717) is 70.1 Å².